The Morgan fingerprint density at radius 2 is 2.11 bits per heavy atom. The molecule has 0 amide bonds. The minimum Gasteiger partial charge on any atom is -0.504 e. The zero-order valence-electron chi connectivity index (χ0n) is 10.5. The lowest BCUT2D eigenvalue weighted by Crippen LogP contribution is -2.44. The molecule has 1 unspecified atom stereocenters. The highest BCUT2D eigenvalue weighted by molar-refractivity contribution is 5.59. The van der Waals surface area contributed by atoms with Crippen molar-refractivity contribution >= 4 is 0 Å². The largest absolute Gasteiger partial charge is 0.504 e. The van der Waals surface area contributed by atoms with Crippen molar-refractivity contribution < 1.29 is 14.7 Å². The van der Waals surface area contributed by atoms with Crippen molar-refractivity contribution in [2.24, 2.45) is 5.92 Å². The lowest BCUT2D eigenvalue weighted by atomic mass is 9.89. The van der Waals surface area contributed by atoms with Crippen LogP contribution in [-0.4, -0.2) is 33.4 Å². The number of nitrogens with one attached hydrogen (secondary N) is 1. The van der Waals surface area contributed by atoms with Crippen molar-refractivity contribution in [3.8, 4) is 22.9 Å². The van der Waals surface area contributed by atoms with Gasteiger partial charge in [0.25, 0.3) is 0 Å². The smallest absolute Gasteiger partial charge is 0.230 e. The molecule has 0 bridgehead atoms. The van der Waals surface area contributed by atoms with E-state index in [2.05, 4.69) is 22.4 Å². The maximum atomic E-state index is 9.47. The lowest BCUT2D eigenvalue weighted by molar-refractivity contribution is 0.252. The molecule has 3 N–H and O–H groups in total. The molecular weight excluding hydrogens is 246 g/mol. The van der Waals surface area contributed by atoms with Crippen LogP contribution in [0.4, 0.5) is 0 Å². The van der Waals surface area contributed by atoms with Gasteiger partial charge in [-0.25, -0.2) is 0 Å². The van der Waals surface area contributed by atoms with Gasteiger partial charge in [-0.1, -0.05) is 12.1 Å². The molecule has 1 aliphatic heterocycles. The quantitative estimate of drug-likeness (QED) is 0.725. The van der Waals surface area contributed by atoms with Gasteiger partial charge in [0.15, 0.2) is 11.5 Å². The van der Waals surface area contributed by atoms with E-state index in [-0.39, 0.29) is 17.4 Å². The van der Waals surface area contributed by atoms with Crippen molar-refractivity contribution in [2.45, 2.75) is 12.8 Å². The molecule has 0 aliphatic carbocycles. The van der Waals surface area contributed by atoms with E-state index < -0.39 is 0 Å². The van der Waals surface area contributed by atoms with E-state index in [9.17, 15) is 10.2 Å². The summed E-state index contributed by atoms with van der Waals surface area (Å²) in [4.78, 5) is 4.36. The Morgan fingerprint density at radius 3 is 2.74 bits per heavy atom. The normalized spacial score (nSPS) is 17.1. The summed E-state index contributed by atoms with van der Waals surface area (Å²) in [6, 6.07) is 4.46. The zero-order valence-corrected chi connectivity index (χ0v) is 10.5. The molecule has 0 radical (unpaired) electrons. The Kier molecular flexibility index (Phi) is 2.87. The van der Waals surface area contributed by atoms with Crippen LogP contribution < -0.4 is 5.32 Å². The molecule has 100 valence electrons. The first-order chi connectivity index (χ1) is 9.15. The Balaban J connectivity index is 1.85. The van der Waals surface area contributed by atoms with Gasteiger partial charge in [-0.3, -0.25) is 0 Å². The third-order valence-electron chi connectivity index (χ3n) is 3.59. The van der Waals surface area contributed by atoms with Crippen molar-refractivity contribution in [2.75, 3.05) is 13.1 Å². The molecule has 1 fully saturated rings. The molecule has 1 saturated heterocycles. The van der Waals surface area contributed by atoms with Crippen molar-refractivity contribution in [3.05, 3.63) is 24.1 Å². The van der Waals surface area contributed by atoms with Gasteiger partial charge < -0.3 is 20.1 Å². The number of hydrogen-bond donors (Lipinski definition) is 3. The van der Waals surface area contributed by atoms with E-state index in [4.69, 9.17) is 4.52 Å². The van der Waals surface area contributed by atoms with Crippen LogP contribution in [0.25, 0.3) is 11.4 Å². The fraction of sp³-hybridized carbons (Fsp3) is 0.385. The van der Waals surface area contributed by atoms with Gasteiger partial charge in [-0.2, -0.15) is 4.98 Å². The van der Waals surface area contributed by atoms with Crippen LogP contribution in [0, 0.1) is 5.92 Å². The number of phenols is 2. The Bertz CT molecular complexity index is 593. The number of phenolic OH excluding ortho intramolecular Hbond substituents is 2. The molecule has 2 aromatic rings. The van der Waals surface area contributed by atoms with E-state index in [1.807, 2.05) is 0 Å². The maximum Gasteiger partial charge on any atom is 0.230 e. The Hall–Kier alpha value is -2.08. The number of rotatable bonds is 3. The first-order valence-corrected chi connectivity index (χ1v) is 6.22. The summed E-state index contributed by atoms with van der Waals surface area (Å²) in [6.07, 6.45) is 0. The highest BCUT2D eigenvalue weighted by atomic mass is 16.5. The van der Waals surface area contributed by atoms with Gasteiger partial charge >= 0.3 is 0 Å². The Labute approximate surface area is 110 Å². The van der Waals surface area contributed by atoms with E-state index in [1.54, 1.807) is 6.07 Å². The fourth-order valence-corrected chi connectivity index (χ4v) is 2.07. The average Bonchev–Trinajstić information content (AvgIpc) is 2.80. The molecular formula is C13H15N3O3. The van der Waals surface area contributed by atoms with Gasteiger partial charge in [-0.05, 0) is 37.2 Å². The minimum absolute atomic E-state index is 0.165. The zero-order chi connectivity index (χ0) is 13.4. The first-order valence-electron chi connectivity index (χ1n) is 6.22. The molecule has 19 heavy (non-hydrogen) atoms. The van der Waals surface area contributed by atoms with E-state index >= 15 is 0 Å². The summed E-state index contributed by atoms with van der Waals surface area (Å²) in [6.45, 7) is 4.01. The highest BCUT2D eigenvalue weighted by Crippen LogP contribution is 2.31. The second-order valence-corrected chi connectivity index (χ2v) is 4.87. The third kappa shape index (κ3) is 2.15. The fourth-order valence-electron chi connectivity index (χ4n) is 2.07. The number of nitrogens with zero attached hydrogens (tertiary/aromatic N) is 2. The number of aromatic hydroxyl groups is 2. The van der Waals surface area contributed by atoms with E-state index in [1.165, 1.54) is 12.1 Å². The van der Waals surface area contributed by atoms with Crippen molar-refractivity contribution in [1.82, 2.24) is 15.5 Å². The monoisotopic (exact) mass is 261 g/mol. The number of benzene rings is 1. The second kappa shape index (κ2) is 4.55. The van der Waals surface area contributed by atoms with E-state index in [0.717, 1.165) is 13.1 Å². The summed E-state index contributed by atoms with van der Waals surface area (Å²) in [5.74, 6) is 1.41. The standard InChI is InChI=1S/C13H15N3O3/c1-7(9-5-14-6-9)13-15-12(16-19-13)8-2-3-10(17)11(18)4-8/h2-4,7,9,14,17-18H,5-6H2,1H3. The van der Waals surface area contributed by atoms with Crippen molar-refractivity contribution in [1.29, 1.82) is 0 Å². The molecule has 6 nitrogen and oxygen atoms in total. The molecule has 6 heteroatoms. The maximum absolute atomic E-state index is 9.47. The van der Waals surface area contributed by atoms with Gasteiger partial charge in [0.2, 0.25) is 11.7 Å². The van der Waals surface area contributed by atoms with Crippen LogP contribution >= 0.6 is 0 Å². The van der Waals surface area contributed by atoms with Gasteiger partial charge in [-0.15, -0.1) is 0 Å². The summed E-state index contributed by atoms with van der Waals surface area (Å²) in [7, 11) is 0. The molecule has 2 heterocycles. The van der Waals surface area contributed by atoms with Crippen LogP contribution in [-0.2, 0) is 0 Å². The summed E-state index contributed by atoms with van der Waals surface area (Å²) >= 11 is 0. The van der Waals surface area contributed by atoms with Crippen LogP contribution in [0.2, 0.25) is 0 Å². The third-order valence-corrected chi connectivity index (χ3v) is 3.59. The van der Waals surface area contributed by atoms with Gasteiger partial charge in [0.1, 0.15) is 0 Å². The summed E-state index contributed by atoms with van der Waals surface area (Å²) < 4.78 is 5.27. The van der Waals surface area contributed by atoms with Gasteiger partial charge in [0.05, 0.1) is 0 Å². The molecule has 0 saturated carbocycles. The second-order valence-electron chi connectivity index (χ2n) is 4.87. The molecule has 1 aromatic carbocycles. The van der Waals surface area contributed by atoms with Crippen LogP contribution in [0.5, 0.6) is 11.5 Å². The molecule has 1 aliphatic rings. The summed E-state index contributed by atoms with van der Waals surface area (Å²) in [5.41, 5.74) is 0.615. The SMILES string of the molecule is CC(c1nc(-c2ccc(O)c(O)c2)no1)C1CNC1. The number of hydrogen-bond acceptors (Lipinski definition) is 6. The highest BCUT2D eigenvalue weighted by Gasteiger charge is 2.28. The van der Waals surface area contributed by atoms with Crippen LogP contribution in [0.1, 0.15) is 18.7 Å². The van der Waals surface area contributed by atoms with E-state index in [0.29, 0.717) is 23.2 Å². The minimum atomic E-state index is -0.194. The predicted octanol–water partition coefficient (Wildman–Crippen LogP) is 1.47. The topological polar surface area (TPSA) is 91.4 Å². The Morgan fingerprint density at radius 1 is 1.32 bits per heavy atom. The average molecular weight is 261 g/mol. The number of aromatic nitrogens is 2. The van der Waals surface area contributed by atoms with Crippen LogP contribution in [0.3, 0.4) is 0 Å². The lowest BCUT2D eigenvalue weighted by Gasteiger charge is -2.30. The first kappa shape index (κ1) is 12.0. The molecule has 1 atom stereocenters. The molecule has 3 rings (SSSR count). The summed E-state index contributed by atoms with van der Waals surface area (Å²) in [5, 5.41) is 25.9. The van der Waals surface area contributed by atoms with Crippen molar-refractivity contribution in [3.63, 3.8) is 0 Å². The molecule has 0 spiro atoms. The molecule has 1 aromatic heterocycles. The van der Waals surface area contributed by atoms with Gasteiger partial charge in [0, 0.05) is 11.5 Å². The van der Waals surface area contributed by atoms with Crippen LogP contribution in [0.15, 0.2) is 22.7 Å². The predicted molar refractivity (Wildman–Crippen MR) is 67.8 cm³/mol.